The van der Waals surface area contributed by atoms with E-state index < -0.39 is 12.0 Å². The van der Waals surface area contributed by atoms with Crippen molar-refractivity contribution in [1.82, 2.24) is 15.3 Å². The number of alkyl halides is 3. The van der Waals surface area contributed by atoms with Crippen LogP contribution in [-0.4, -0.2) is 41.4 Å². The third-order valence-corrected chi connectivity index (χ3v) is 5.50. The second-order valence-corrected chi connectivity index (χ2v) is 7.70. The van der Waals surface area contributed by atoms with Gasteiger partial charge in [-0.15, -0.1) is 0 Å². The molecule has 0 atom stereocenters. The number of carbonyl (C=O) groups excluding carboxylic acids is 1. The van der Waals surface area contributed by atoms with Gasteiger partial charge in [0.15, 0.2) is 11.5 Å². The number of nitrogens with one attached hydrogen (secondary N) is 1. The van der Waals surface area contributed by atoms with E-state index in [0.717, 1.165) is 17.3 Å². The molecule has 0 saturated heterocycles. The highest BCUT2D eigenvalue weighted by Gasteiger charge is 2.35. The zero-order valence-corrected chi connectivity index (χ0v) is 17.1. The Morgan fingerprint density at radius 1 is 1.06 bits per heavy atom. The SMILES string of the molecule is O=C(CSc1nc(C(F)(F)F)nc2ccccc12)NCCc1ccc2c(c1)OCCO2. The van der Waals surface area contributed by atoms with Gasteiger partial charge < -0.3 is 14.8 Å². The van der Waals surface area contributed by atoms with Crippen LogP contribution in [0.2, 0.25) is 0 Å². The molecule has 1 aliphatic rings. The van der Waals surface area contributed by atoms with Crippen LogP contribution in [0.15, 0.2) is 47.5 Å². The Kier molecular flexibility index (Phi) is 6.17. The normalized spacial score (nSPS) is 13.3. The van der Waals surface area contributed by atoms with Crippen molar-refractivity contribution in [2.24, 2.45) is 0 Å². The van der Waals surface area contributed by atoms with Crippen LogP contribution in [0.1, 0.15) is 11.4 Å². The molecule has 10 heteroatoms. The smallest absolute Gasteiger partial charge is 0.451 e. The maximum atomic E-state index is 13.1. The summed E-state index contributed by atoms with van der Waals surface area (Å²) in [5, 5.41) is 3.38. The van der Waals surface area contributed by atoms with Crippen molar-refractivity contribution in [2.75, 3.05) is 25.5 Å². The Hall–Kier alpha value is -3.01. The third kappa shape index (κ3) is 5.19. The Labute approximate surface area is 180 Å². The van der Waals surface area contributed by atoms with Crippen LogP contribution in [0.4, 0.5) is 13.2 Å². The minimum absolute atomic E-state index is 0.0561. The summed E-state index contributed by atoms with van der Waals surface area (Å²) < 4.78 is 50.3. The van der Waals surface area contributed by atoms with Gasteiger partial charge in [-0.2, -0.15) is 13.2 Å². The molecule has 1 aromatic heterocycles. The standard InChI is InChI=1S/C21H18F3N3O3S/c22-21(23,24)20-26-15-4-2-1-3-14(15)19(27-20)31-12-18(28)25-8-7-13-5-6-16-17(11-13)30-10-9-29-16/h1-6,11H,7-10,12H2,(H,25,28). The van der Waals surface area contributed by atoms with Gasteiger partial charge in [0, 0.05) is 11.9 Å². The van der Waals surface area contributed by atoms with Gasteiger partial charge in [-0.3, -0.25) is 4.79 Å². The highest BCUT2D eigenvalue weighted by Crippen LogP contribution is 2.32. The Balaban J connectivity index is 1.35. The molecule has 2 aromatic carbocycles. The number of aromatic nitrogens is 2. The van der Waals surface area contributed by atoms with Crippen molar-refractivity contribution in [3.8, 4) is 11.5 Å². The number of rotatable bonds is 6. The van der Waals surface area contributed by atoms with Crippen molar-refractivity contribution >= 4 is 28.6 Å². The number of ether oxygens (including phenoxy) is 2. The Morgan fingerprint density at radius 2 is 1.84 bits per heavy atom. The van der Waals surface area contributed by atoms with E-state index in [4.69, 9.17) is 9.47 Å². The lowest BCUT2D eigenvalue weighted by atomic mass is 10.1. The molecular weight excluding hydrogens is 431 g/mol. The first-order valence-corrected chi connectivity index (χ1v) is 10.5. The van der Waals surface area contributed by atoms with E-state index in [0.29, 0.717) is 43.1 Å². The summed E-state index contributed by atoms with van der Waals surface area (Å²) in [7, 11) is 0. The zero-order valence-electron chi connectivity index (χ0n) is 16.2. The van der Waals surface area contributed by atoms with Crippen LogP contribution in [0.3, 0.4) is 0 Å². The lowest BCUT2D eigenvalue weighted by Crippen LogP contribution is -2.27. The van der Waals surface area contributed by atoms with Crippen molar-refractivity contribution in [3.05, 3.63) is 53.9 Å². The number of para-hydroxylation sites is 1. The minimum atomic E-state index is -4.66. The number of hydrogen-bond donors (Lipinski definition) is 1. The number of hydrogen-bond acceptors (Lipinski definition) is 6. The number of fused-ring (bicyclic) bond motifs is 2. The van der Waals surface area contributed by atoms with Gasteiger partial charge in [0.2, 0.25) is 11.7 Å². The van der Waals surface area contributed by atoms with Crippen molar-refractivity contribution < 1.29 is 27.4 Å². The second kappa shape index (κ2) is 9.01. The molecule has 0 fully saturated rings. The van der Waals surface area contributed by atoms with Gasteiger partial charge in [-0.25, -0.2) is 9.97 Å². The maximum absolute atomic E-state index is 13.1. The zero-order chi connectivity index (χ0) is 21.8. The van der Waals surface area contributed by atoms with E-state index in [9.17, 15) is 18.0 Å². The van der Waals surface area contributed by atoms with E-state index in [2.05, 4.69) is 15.3 Å². The highest BCUT2D eigenvalue weighted by molar-refractivity contribution is 8.00. The van der Waals surface area contributed by atoms with Gasteiger partial charge in [0.1, 0.15) is 18.2 Å². The molecule has 4 rings (SSSR count). The molecule has 1 aliphatic heterocycles. The molecule has 2 heterocycles. The quantitative estimate of drug-likeness (QED) is 0.455. The first-order valence-electron chi connectivity index (χ1n) is 9.52. The Morgan fingerprint density at radius 3 is 2.65 bits per heavy atom. The summed E-state index contributed by atoms with van der Waals surface area (Å²) in [5.41, 5.74) is 1.17. The monoisotopic (exact) mass is 449 g/mol. The number of halogens is 3. The molecule has 162 valence electrons. The predicted molar refractivity (Wildman–Crippen MR) is 109 cm³/mol. The molecule has 6 nitrogen and oxygen atoms in total. The summed E-state index contributed by atoms with van der Waals surface area (Å²) >= 11 is 0.953. The summed E-state index contributed by atoms with van der Waals surface area (Å²) in [6.07, 6.45) is -4.08. The summed E-state index contributed by atoms with van der Waals surface area (Å²) in [6, 6.07) is 12.0. The molecular formula is C21H18F3N3O3S. The van der Waals surface area contributed by atoms with Crippen LogP contribution >= 0.6 is 11.8 Å². The van der Waals surface area contributed by atoms with Crippen LogP contribution < -0.4 is 14.8 Å². The predicted octanol–water partition coefficient (Wildman–Crippen LogP) is 3.87. The minimum Gasteiger partial charge on any atom is -0.486 e. The maximum Gasteiger partial charge on any atom is 0.451 e. The largest absolute Gasteiger partial charge is 0.486 e. The van der Waals surface area contributed by atoms with E-state index in [1.807, 2.05) is 18.2 Å². The molecule has 1 amide bonds. The summed E-state index contributed by atoms with van der Waals surface area (Å²) in [6.45, 7) is 1.40. The number of amides is 1. The van der Waals surface area contributed by atoms with E-state index >= 15 is 0 Å². The van der Waals surface area contributed by atoms with E-state index in [1.165, 1.54) is 6.07 Å². The summed E-state index contributed by atoms with van der Waals surface area (Å²) in [5.74, 6) is -0.182. The van der Waals surface area contributed by atoms with Gasteiger partial charge in [0.05, 0.1) is 11.3 Å². The van der Waals surface area contributed by atoms with E-state index in [1.54, 1.807) is 18.2 Å². The molecule has 0 radical (unpaired) electrons. The summed E-state index contributed by atoms with van der Waals surface area (Å²) in [4.78, 5) is 19.4. The molecule has 0 aliphatic carbocycles. The fourth-order valence-corrected chi connectivity index (χ4v) is 3.91. The third-order valence-electron chi connectivity index (χ3n) is 4.50. The number of thioether (sulfide) groups is 1. The molecule has 1 N–H and O–H groups in total. The highest BCUT2D eigenvalue weighted by atomic mass is 32.2. The number of benzene rings is 2. The van der Waals surface area contributed by atoms with Gasteiger partial charge in [-0.1, -0.05) is 36.0 Å². The van der Waals surface area contributed by atoms with E-state index in [-0.39, 0.29) is 22.2 Å². The van der Waals surface area contributed by atoms with Crippen LogP contribution in [0, 0.1) is 0 Å². The fraction of sp³-hybridized carbons (Fsp3) is 0.286. The Bertz CT molecular complexity index is 1110. The van der Waals surface area contributed by atoms with Gasteiger partial charge in [-0.05, 0) is 30.2 Å². The average Bonchev–Trinajstić information content (AvgIpc) is 2.76. The van der Waals surface area contributed by atoms with Crippen LogP contribution in [0.25, 0.3) is 10.9 Å². The van der Waals surface area contributed by atoms with Crippen molar-refractivity contribution in [1.29, 1.82) is 0 Å². The fourth-order valence-electron chi connectivity index (χ4n) is 3.06. The molecule has 0 saturated carbocycles. The lowest BCUT2D eigenvalue weighted by molar-refractivity contribution is -0.145. The molecule has 0 unspecified atom stereocenters. The number of carbonyl (C=O) groups is 1. The van der Waals surface area contributed by atoms with Crippen molar-refractivity contribution in [3.63, 3.8) is 0 Å². The number of nitrogens with zero attached hydrogens (tertiary/aromatic N) is 2. The topological polar surface area (TPSA) is 73.3 Å². The van der Waals surface area contributed by atoms with Crippen LogP contribution in [-0.2, 0) is 17.4 Å². The average molecular weight is 449 g/mol. The molecule has 3 aromatic rings. The molecule has 31 heavy (non-hydrogen) atoms. The first kappa shape index (κ1) is 21.2. The molecule has 0 spiro atoms. The van der Waals surface area contributed by atoms with Gasteiger partial charge >= 0.3 is 6.18 Å². The second-order valence-electron chi connectivity index (χ2n) is 6.73. The van der Waals surface area contributed by atoms with Crippen LogP contribution in [0.5, 0.6) is 11.5 Å². The molecule has 0 bridgehead atoms. The lowest BCUT2D eigenvalue weighted by Gasteiger charge is -2.18. The van der Waals surface area contributed by atoms with Gasteiger partial charge in [0.25, 0.3) is 0 Å². The first-order chi connectivity index (χ1) is 14.9. The van der Waals surface area contributed by atoms with Crippen molar-refractivity contribution in [2.45, 2.75) is 17.6 Å².